The average Bonchev–Trinajstić information content (AvgIpc) is 2.97. The Balaban J connectivity index is 1.70. The van der Waals surface area contributed by atoms with E-state index in [2.05, 4.69) is 5.32 Å². The zero-order valence-corrected chi connectivity index (χ0v) is 14.1. The van der Waals surface area contributed by atoms with E-state index in [1.54, 1.807) is 24.3 Å². The molecule has 26 heavy (non-hydrogen) atoms. The molecule has 0 spiro atoms. The van der Waals surface area contributed by atoms with Gasteiger partial charge in [0, 0.05) is 29.4 Å². The van der Waals surface area contributed by atoms with Crippen molar-refractivity contribution >= 4 is 34.8 Å². The van der Waals surface area contributed by atoms with Crippen LogP contribution in [0.3, 0.4) is 0 Å². The zero-order valence-electron chi connectivity index (χ0n) is 13.4. The number of halogens is 4. The lowest BCUT2D eigenvalue weighted by atomic mass is 10.1. The monoisotopic (exact) mass is 382 g/mol. The molecule has 1 N–H and O–H groups in total. The van der Waals surface area contributed by atoms with Gasteiger partial charge in [0.1, 0.15) is 0 Å². The van der Waals surface area contributed by atoms with Crippen molar-refractivity contribution in [2.75, 3.05) is 16.8 Å². The first-order valence-electron chi connectivity index (χ1n) is 7.78. The number of nitrogens with one attached hydrogen (secondary N) is 1. The number of hydrogen-bond acceptors (Lipinski definition) is 2. The minimum Gasteiger partial charge on any atom is -0.326 e. The van der Waals surface area contributed by atoms with Crippen LogP contribution in [0.15, 0.2) is 48.5 Å². The summed E-state index contributed by atoms with van der Waals surface area (Å²) >= 11 is 5.82. The second-order valence-electron chi connectivity index (χ2n) is 5.95. The van der Waals surface area contributed by atoms with E-state index in [4.69, 9.17) is 11.6 Å². The molecule has 2 aromatic carbocycles. The van der Waals surface area contributed by atoms with Crippen LogP contribution < -0.4 is 10.2 Å². The van der Waals surface area contributed by atoms with Crippen LogP contribution in [0.25, 0.3) is 0 Å². The average molecular weight is 383 g/mol. The van der Waals surface area contributed by atoms with Gasteiger partial charge in [0.05, 0.1) is 11.5 Å². The van der Waals surface area contributed by atoms with Crippen molar-refractivity contribution in [2.24, 2.45) is 5.92 Å². The highest BCUT2D eigenvalue weighted by Crippen LogP contribution is 2.31. The quantitative estimate of drug-likeness (QED) is 0.858. The molecule has 0 aliphatic carbocycles. The molecule has 1 saturated heterocycles. The number of nitrogens with zero attached hydrogens (tertiary/aromatic N) is 1. The lowest BCUT2D eigenvalue weighted by Crippen LogP contribution is -2.28. The number of carbonyl (C=O) groups is 2. The fraction of sp³-hybridized carbons (Fsp3) is 0.222. The van der Waals surface area contributed by atoms with Crippen LogP contribution in [0, 0.1) is 5.92 Å². The van der Waals surface area contributed by atoms with E-state index in [9.17, 15) is 22.8 Å². The second-order valence-corrected chi connectivity index (χ2v) is 6.39. The predicted octanol–water partition coefficient (Wildman–Crippen LogP) is 4.35. The Hall–Kier alpha value is -2.54. The van der Waals surface area contributed by atoms with Gasteiger partial charge in [0.2, 0.25) is 11.8 Å². The van der Waals surface area contributed by atoms with E-state index in [0.717, 1.165) is 12.1 Å². The van der Waals surface area contributed by atoms with Gasteiger partial charge in [-0.25, -0.2) is 0 Å². The van der Waals surface area contributed by atoms with E-state index in [-0.39, 0.29) is 24.6 Å². The fourth-order valence-electron chi connectivity index (χ4n) is 2.77. The van der Waals surface area contributed by atoms with Gasteiger partial charge in [0.25, 0.3) is 0 Å². The Morgan fingerprint density at radius 1 is 1.15 bits per heavy atom. The third-order valence-corrected chi connectivity index (χ3v) is 4.34. The minimum absolute atomic E-state index is 0.00653. The van der Waals surface area contributed by atoms with Crippen LogP contribution in [0.1, 0.15) is 12.0 Å². The number of carbonyl (C=O) groups excluding carboxylic acids is 2. The minimum atomic E-state index is -4.49. The Morgan fingerprint density at radius 2 is 1.85 bits per heavy atom. The molecule has 0 radical (unpaired) electrons. The van der Waals surface area contributed by atoms with Crippen molar-refractivity contribution in [3.8, 4) is 0 Å². The molecular weight excluding hydrogens is 369 g/mol. The topological polar surface area (TPSA) is 49.4 Å². The first-order valence-corrected chi connectivity index (χ1v) is 8.16. The molecular formula is C18H14ClF3N2O2. The lowest BCUT2D eigenvalue weighted by molar-refractivity contribution is -0.137. The summed E-state index contributed by atoms with van der Waals surface area (Å²) in [6.45, 7) is 0.158. The van der Waals surface area contributed by atoms with Crippen molar-refractivity contribution in [1.82, 2.24) is 0 Å². The third-order valence-electron chi connectivity index (χ3n) is 4.09. The van der Waals surface area contributed by atoms with Gasteiger partial charge < -0.3 is 10.2 Å². The first kappa shape index (κ1) is 18.3. The van der Waals surface area contributed by atoms with Crippen LogP contribution in [-0.2, 0) is 15.8 Å². The molecule has 1 heterocycles. The summed E-state index contributed by atoms with van der Waals surface area (Å²) in [6.07, 6.45) is -4.50. The molecule has 1 atom stereocenters. The molecule has 0 saturated carbocycles. The molecule has 2 amide bonds. The maximum Gasteiger partial charge on any atom is 0.416 e. The second kappa shape index (κ2) is 6.99. The molecule has 136 valence electrons. The summed E-state index contributed by atoms with van der Waals surface area (Å²) in [5, 5.41) is 2.99. The van der Waals surface area contributed by atoms with Crippen LogP contribution in [0.5, 0.6) is 0 Å². The highest BCUT2D eigenvalue weighted by atomic mass is 35.5. The molecule has 1 aliphatic rings. The van der Waals surface area contributed by atoms with Gasteiger partial charge in [-0.3, -0.25) is 9.59 Å². The Bertz CT molecular complexity index is 837. The highest BCUT2D eigenvalue weighted by molar-refractivity contribution is 6.30. The molecule has 4 nitrogen and oxygen atoms in total. The lowest BCUT2D eigenvalue weighted by Gasteiger charge is -2.17. The summed E-state index contributed by atoms with van der Waals surface area (Å²) in [4.78, 5) is 26.0. The highest BCUT2D eigenvalue weighted by Gasteiger charge is 2.35. The van der Waals surface area contributed by atoms with E-state index < -0.39 is 23.6 Å². The van der Waals surface area contributed by atoms with E-state index in [0.29, 0.717) is 10.7 Å². The SMILES string of the molecule is O=C(Nc1cccc(C(F)(F)F)c1)[C@H]1CC(=O)N(c2ccc(Cl)cc2)C1. The van der Waals surface area contributed by atoms with Crippen molar-refractivity contribution in [1.29, 1.82) is 0 Å². The van der Waals surface area contributed by atoms with E-state index in [1.807, 2.05) is 0 Å². The van der Waals surface area contributed by atoms with Gasteiger partial charge in [-0.15, -0.1) is 0 Å². The van der Waals surface area contributed by atoms with Gasteiger partial charge >= 0.3 is 6.18 Å². The molecule has 1 fully saturated rings. The van der Waals surface area contributed by atoms with Gasteiger partial charge in [-0.05, 0) is 42.5 Å². The molecule has 8 heteroatoms. The van der Waals surface area contributed by atoms with Gasteiger partial charge in [-0.2, -0.15) is 13.2 Å². The normalized spacial score (nSPS) is 17.5. The number of anilines is 2. The summed E-state index contributed by atoms with van der Waals surface area (Å²) in [5.41, 5.74) is -0.184. The van der Waals surface area contributed by atoms with Gasteiger partial charge in [-0.1, -0.05) is 17.7 Å². The smallest absolute Gasteiger partial charge is 0.326 e. The Morgan fingerprint density at radius 3 is 2.50 bits per heavy atom. The summed E-state index contributed by atoms with van der Waals surface area (Å²) in [7, 11) is 0. The molecule has 0 aromatic heterocycles. The van der Waals surface area contributed by atoms with Crippen molar-refractivity contribution in [3.63, 3.8) is 0 Å². The van der Waals surface area contributed by atoms with Crippen LogP contribution in [0.4, 0.5) is 24.5 Å². The number of rotatable bonds is 3. The molecule has 3 rings (SSSR count). The molecule has 1 aliphatic heterocycles. The van der Waals surface area contributed by atoms with Crippen molar-refractivity contribution < 1.29 is 22.8 Å². The maximum absolute atomic E-state index is 12.8. The van der Waals surface area contributed by atoms with Crippen LogP contribution in [0.2, 0.25) is 5.02 Å². The fourth-order valence-corrected chi connectivity index (χ4v) is 2.90. The predicted molar refractivity (Wildman–Crippen MR) is 92.0 cm³/mol. The number of alkyl halides is 3. The standard InChI is InChI=1S/C18H14ClF3N2O2/c19-13-4-6-15(7-5-13)24-10-11(8-16(24)25)17(26)23-14-3-1-2-12(9-14)18(20,21)22/h1-7,9,11H,8,10H2,(H,23,26)/t11-/m0/s1. The zero-order chi connectivity index (χ0) is 18.9. The summed E-state index contributed by atoms with van der Waals surface area (Å²) in [5.74, 6) is -1.36. The number of benzene rings is 2. The van der Waals surface area contributed by atoms with Crippen LogP contribution in [-0.4, -0.2) is 18.4 Å². The molecule has 2 aromatic rings. The van der Waals surface area contributed by atoms with E-state index in [1.165, 1.54) is 17.0 Å². The molecule has 0 bridgehead atoms. The Kier molecular flexibility index (Phi) is 4.91. The number of amides is 2. The van der Waals surface area contributed by atoms with Crippen molar-refractivity contribution in [3.05, 3.63) is 59.1 Å². The summed E-state index contributed by atoms with van der Waals surface area (Å²) < 4.78 is 38.3. The molecule has 0 unspecified atom stereocenters. The van der Waals surface area contributed by atoms with Gasteiger partial charge in [0.15, 0.2) is 0 Å². The largest absolute Gasteiger partial charge is 0.416 e. The summed E-state index contributed by atoms with van der Waals surface area (Å²) in [6, 6.07) is 11.0. The van der Waals surface area contributed by atoms with Crippen molar-refractivity contribution in [2.45, 2.75) is 12.6 Å². The first-order chi connectivity index (χ1) is 12.2. The Labute approximate surface area is 152 Å². The maximum atomic E-state index is 12.8. The number of hydrogen-bond donors (Lipinski definition) is 1. The third kappa shape index (κ3) is 3.99. The van der Waals surface area contributed by atoms with Crippen LogP contribution >= 0.6 is 11.6 Å². The van der Waals surface area contributed by atoms with E-state index >= 15 is 0 Å².